The summed E-state index contributed by atoms with van der Waals surface area (Å²) in [6.45, 7) is 2.13. The molecule has 0 aliphatic carbocycles. The fourth-order valence-electron chi connectivity index (χ4n) is 1.74. The highest BCUT2D eigenvalue weighted by molar-refractivity contribution is 7.70. The van der Waals surface area contributed by atoms with Crippen molar-refractivity contribution in [2.24, 2.45) is 0 Å². The number of ether oxygens (including phenoxy) is 1. The predicted molar refractivity (Wildman–Crippen MR) is 55.3 cm³/mol. The molecule has 1 atom stereocenters. The standard InChI is InChI=1S/C11H11OP/c1-8-2-4-9(5-3-8)13-7-6-10-11(13)12-10/h2-5H,6-7H2,1H3. The van der Waals surface area contributed by atoms with Crippen LogP contribution in [0.25, 0.3) is 0 Å². The van der Waals surface area contributed by atoms with Gasteiger partial charge in [-0.3, -0.25) is 0 Å². The van der Waals surface area contributed by atoms with Gasteiger partial charge in [-0.1, -0.05) is 29.8 Å². The van der Waals surface area contributed by atoms with Crippen LogP contribution >= 0.6 is 7.92 Å². The second-order valence-corrected chi connectivity index (χ2v) is 5.79. The van der Waals surface area contributed by atoms with Crippen LogP contribution in [-0.4, -0.2) is 6.16 Å². The zero-order valence-electron chi connectivity index (χ0n) is 7.58. The number of allylic oxidation sites excluding steroid dienone is 1. The van der Waals surface area contributed by atoms with Gasteiger partial charge < -0.3 is 4.74 Å². The SMILES string of the molecule is Cc1ccc(P2CCC3=C2O3)cc1. The molecule has 1 aromatic rings. The molecule has 0 saturated carbocycles. The van der Waals surface area contributed by atoms with Crippen LogP contribution in [-0.2, 0) is 4.74 Å². The van der Waals surface area contributed by atoms with Crippen LogP contribution in [0.1, 0.15) is 12.0 Å². The lowest BCUT2D eigenvalue weighted by atomic mass is 10.2. The van der Waals surface area contributed by atoms with E-state index in [1.165, 1.54) is 34.7 Å². The van der Waals surface area contributed by atoms with Crippen molar-refractivity contribution in [2.45, 2.75) is 13.3 Å². The van der Waals surface area contributed by atoms with Gasteiger partial charge in [-0.05, 0) is 26.3 Å². The lowest BCUT2D eigenvalue weighted by Gasteiger charge is -2.10. The van der Waals surface area contributed by atoms with Crippen LogP contribution in [0.15, 0.2) is 35.5 Å². The average Bonchev–Trinajstić information content (AvgIpc) is 2.81. The molecule has 3 rings (SSSR count). The number of hydrogen-bond donors (Lipinski definition) is 0. The summed E-state index contributed by atoms with van der Waals surface area (Å²) in [5.74, 6) is 1.28. The van der Waals surface area contributed by atoms with Crippen LogP contribution in [0.2, 0.25) is 0 Å². The summed E-state index contributed by atoms with van der Waals surface area (Å²) in [5, 5.41) is 1.48. The Bertz CT molecular complexity index is 378. The number of aryl methyl sites for hydroxylation is 1. The molecule has 2 aliphatic rings. The molecule has 0 amide bonds. The van der Waals surface area contributed by atoms with Crippen LogP contribution in [0.4, 0.5) is 0 Å². The van der Waals surface area contributed by atoms with Crippen molar-refractivity contribution >= 4 is 13.2 Å². The Balaban J connectivity index is 1.93. The molecule has 0 fully saturated rings. The maximum absolute atomic E-state index is 5.41. The highest BCUT2D eigenvalue weighted by Crippen LogP contribution is 2.61. The average molecular weight is 190 g/mol. The number of hydrogen-bond acceptors (Lipinski definition) is 1. The van der Waals surface area contributed by atoms with Crippen LogP contribution in [0, 0.1) is 6.92 Å². The van der Waals surface area contributed by atoms with E-state index >= 15 is 0 Å². The molecule has 1 nitrogen and oxygen atoms in total. The first kappa shape index (κ1) is 7.58. The monoisotopic (exact) mass is 190 g/mol. The van der Waals surface area contributed by atoms with Crippen molar-refractivity contribution in [3.05, 3.63) is 41.1 Å². The maximum Gasteiger partial charge on any atom is 0.168 e. The quantitative estimate of drug-likeness (QED) is 0.620. The zero-order chi connectivity index (χ0) is 8.84. The van der Waals surface area contributed by atoms with E-state index in [4.69, 9.17) is 4.74 Å². The summed E-state index contributed by atoms with van der Waals surface area (Å²) in [5.41, 5.74) is 2.66. The van der Waals surface area contributed by atoms with E-state index in [1.54, 1.807) is 0 Å². The van der Waals surface area contributed by atoms with Crippen molar-refractivity contribution in [3.8, 4) is 0 Å². The Morgan fingerprint density at radius 3 is 2.54 bits per heavy atom. The second-order valence-electron chi connectivity index (χ2n) is 3.57. The van der Waals surface area contributed by atoms with Crippen molar-refractivity contribution < 1.29 is 4.74 Å². The maximum atomic E-state index is 5.41. The van der Waals surface area contributed by atoms with Gasteiger partial charge in [-0.25, -0.2) is 0 Å². The lowest BCUT2D eigenvalue weighted by Crippen LogP contribution is -2.01. The molecule has 2 aliphatic heterocycles. The van der Waals surface area contributed by atoms with E-state index in [0.717, 1.165) is 0 Å². The van der Waals surface area contributed by atoms with E-state index in [1.807, 2.05) is 0 Å². The number of benzene rings is 1. The smallest absolute Gasteiger partial charge is 0.168 e. The molecular formula is C11H11OP. The molecule has 2 heteroatoms. The summed E-state index contributed by atoms with van der Waals surface area (Å²) < 4.78 is 5.41. The molecule has 1 aromatic carbocycles. The van der Waals surface area contributed by atoms with Crippen molar-refractivity contribution in [1.29, 1.82) is 0 Å². The highest BCUT2D eigenvalue weighted by atomic mass is 31.1. The van der Waals surface area contributed by atoms with Gasteiger partial charge in [0.15, 0.2) is 5.50 Å². The van der Waals surface area contributed by atoms with Gasteiger partial charge in [0.05, 0.1) is 0 Å². The Morgan fingerprint density at radius 1 is 1.23 bits per heavy atom. The van der Waals surface area contributed by atoms with Crippen LogP contribution < -0.4 is 5.30 Å². The Morgan fingerprint density at radius 2 is 2.00 bits per heavy atom. The molecule has 13 heavy (non-hydrogen) atoms. The third kappa shape index (κ3) is 1.19. The summed E-state index contributed by atoms with van der Waals surface area (Å²) in [7, 11) is -0.0823. The molecule has 1 unspecified atom stereocenters. The van der Waals surface area contributed by atoms with Crippen molar-refractivity contribution in [3.63, 3.8) is 0 Å². The molecule has 0 aromatic heterocycles. The summed E-state index contributed by atoms with van der Waals surface area (Å²) in [4.78, 5) is 0. The van der Waals surface area contributed by atoms with Gasteiger partial charge in [0.2, 0.25) is 0 Å². The fourth-order valence-corrected chi connectivity index (χ4v) is 4.01. The summed E-state index contributed by atoms with van der Waals surface area (Å²) in [6.07, 6.45) is 2.48. The third-order valence-electron chi connectivity index (χ3n) is 2.57. The predicted octanol–water partition coefficient (Wildman–Crippen LogP) is 2.71. The molecule has 0 radical (unpaired) electrons. The molecule has 2 heterocycles. The van der Waals surface area contributed by atoms with Gasteiger partial charge in [0.1, 0.15) is 5.76 Å². The van der Waals surface area contributed by atoms with E-state index < -0.39 is 0 Å². The molecule has 0 bridgehead atoms. The third-order valence-corrected chi connectivity index (χ3v) is 4.99. The molecule has 0 N–H and O–H groups in total. The summed E-state index contributed by atoms with van der Waals surface area (Å²) in [6, 6.07) is 8.88. The van der Waals surface area contributed by atoms with Gasteiger partial charge in [-0.2, -0.15) is 0 Å². The van der Waals surface area contributed by atoms with Crippen LogP contribution in [0.5, 0.6) is 0 Å². The first-order valence-electron chi connectivity index (χ1n) is 4.60. The first-order valence-corrected chi connectivity index (χ1v) is 6.12. The van der Waals surface area contributed by atoms with E-state index in [-0.39, 0.29) is 7.92 Å². The van der Waals surface area contributed by atoms with E-state index in [0.29, 0.717) is 0 Å². The minimum absolute atomic E-state index is 0.0823. The molecular weight excluding hydrogens is 179 g/mol. The Labute approximate surface area is 79.2 Å². The lowest BCUT2D eigenvalue weighted by molar-refractivity contribution is 0.472. The van der Waals surface area contributed by atoms with E-state index in [2.05, 4.69) is 31.2 Å². The fraction of sp³-hybridized carbons (Fsp3) is 0.273. The van der Waals surface area contributed by atoms with E-state index in [9.17, 15) is 0 Å². The molecule has 0 saturated heterocycles. The minimum Gasteiger partial charge on any atom is -0.454 e. The van der Waals surface area contributed by atoms with Gasteiger partial charge in [-0.15, -0.1) is 0 Å². The molecule has 0 spiro atoms. The second kappa shape index (κ2) is 2.59. The first-order chi connectivity index (χ1) is 6.34. The van der Waals surface area contributed by atoms with Gasteiger partial charge in [0.25, 0.3) is 0 Å². The highest BCUT2D eigenvalue weighted by Gasteiger charge is 2.39. The normalized spacial score (nSPS) is 24.2. The molecule has 66 valence electrons. The van der Waals surface area contributed by atoms with Crippen LogP contribution in [0.3, 0.4) is 0 Å². The Kier molecular flexibility index (Phi) is 1.51. The largest absolute Gasteiger partial charge is 0.454 e. The topological polar surface area (TPSA) is 12.5 Å². The Hall–Kier alpha value is -0.810. The zero-order valence-corrected chi connectivity index (χ0v) is 8.47. The van der Waals surface area contributed by atoms with Gasteiger partial charge >= 0.3 is 0 Å². The number of rotatable bonds is 1. The van der Waals surface area contributed by atoms with Crippen molar-refractivity contribution in [2.75, 3.05) is 6.16 Å². The minimum atomic E-state index is -0.0823. The van der Waals surface area contributed by atoms with Crippen molar-refractivity contribution in [1.82, 2.24) is 0 Å². The van der Waals surface area contributed by atoms with Gasteiger partial charge in [0, 0.05) is 6.42 Å². The summed E-state index contributed by atoms with van der Waals surface area (Å²) >= 11 is 0.